The number of urea groups is 2. The molecular weight excluding hydrogens is 940 g/mol. The van der Waals surface area contributed by atoms with Crippen molar-refractivity contribution in [2.45, 2.75) is 64.2 Å². The third kappa shape index (κ3) is 14.7. The van der Waals surface area contributed by atoms with Crippen LogP contribution in [0.2, 0.25) is 10.3 Å². The van der Waals surface area contributed by atoms with Gasteiger partial charge < -0.3 is 65.5 Å². The maximum atomic E-state index is 13.3. The standard InChI is InChI=1S/C46H62Cl2N18O4/c47-33-37(51)61-35(49)31(59-33)39(67)63-41(53)57-27-45(15-13-29-9-3-1-4-10-29)17-23-65(24-18-45)43(69)55-21-7-8-22-56-44(70)66-25-19-46(20-26-66,16-14-30-11-5-2-6-12-30)28-58-42(54)64-40(68)32-36(50)62-38(52)34(48)60-32/h1-6,9-12H,7-8,13-28H2,(H,55,69)(H,56,70)(H4,49,51,61)(H4,50,52,62)(H3,53,57,63,67)(H3,54,58,64,68). The van der Waals surface area contributed by atoms with Gasteiger partial charge in [-0.15, -0.1) is 0 Å². The fraction of sp³-hybridized carbons (Fsp3) is 0.435. The predicted molar refractivity (Wildman–Crippen MR) is 272 cm³/mol. The molecule has 16 N–H and O–H groups in total. The van der Waals surface area contributed by atoms with Crippen LogP contribution in [0.4, 0.5) is 32.9 Å². The third-order valence-electron chi connectivity index (χ3n) is 12.9. The van der Waals surface area contributed by atoms with E-state index in [2.05, 4.69) is 75.5 Å². The minimum atomic E-state index is -0.813. The van der Waals surface area contributed by atoms with Crippen LogP contribution in [-0.4, -0.2) is 118 Å². The summed E-state index contributed by atoms with van der Waals surface area (Å²) >= 11 is 11.9. The normalized spacial score (nSPS) is 15.7. The molecule has 70 heavy (non-hydrogen) atoms. The lowest BCUT2D eigenvalue weighted by molar-refractivity contribution is 0.0988. The van der Waals surface area contributed by atoms with Crippen LogP contribution in [0.15, 0.2) is 70.6 Å². The highest BCUT2D eigenvalue weighted by molar-refractivity contribution is 6.32. The third-order valence-corrected chi connectivity index (χ3v) is 13.5. The van der Waals surface area contributed by atoms with E-state index in [4.69, 9.17) is 57.6 Å². The number of nitrogens with zero attached hydrogens (tertiary/aromatic N) is 8. The van der Waals surface area contributed by atoms with Crippen molar-refractivity contribution < 1.29 is 19.2 Å². The molecule has 2 saturated heterocycles. The van der Waals surface area contributed by atoms with Crippen LogP contribution in [0.5, 0.6) is 0 Å². The zero-order chi connectivity index (χ0) is 50.3. The monoisotopic (exact) mass is 1000 g/mol. The number of aliphatic imine (C=N–C) groups is 2. The Labute approximate surface area is 416 Å². The van der Waals surface area contributed by atoms with Gasteiger partial charge >= 0.3 is 23.9 Å². The van der Waals surface area contributed by atoms with Gasteiger partial charge in [0.15, 0.2) is 56.9 Å². The van der Waals surface area contributed by atoms with Gasteiger partial charge in [0.25, 0.3) is 0 Å². The van der Waals surface area contributed by atoms with E-state index in [-0.39, 0.29) is 79.8 Å². The molecule has 4 heterocycles. The van der Waals surface area contributed by atoms with Crippen LogP contribution < -0.4 is 55.7 Å². The fourth-order valence-electron chi connectivity index (χ4n) is 8.53. The van der Waals surface area contributed by atoms with Gasteiger partial charge in [0.2, 0.25) is 0 Å². The number of aromatic nitrogens is 4. The van der Waals surface area contributed by atoms with Crippen LogP contribution >= 0.6 is 23.2 Å². The van der Waals surface area contributed by atoms with E-state index in [0.717, 1.165) is 25.7 Å². The van der Waals surface area contributed by atoms with E-state index in [1.54, 1.807) is 0 Å². The number of carbonyl (C=O) groups excluding carboxylic acids is 4. The number of hydrogen-bond acceptors (Lipinski definition) is 12. The van der Waals surface area contributed by atoms with Crippen molar-refractivity contribution in [2.24, 2.45) is 32.3 Å². The molecule has 6 rings (SSSR count). The van der Waals surface area contributed by atoms with E-state index in [9.17, 15) is 19.2 Å². The first kappa shape index (κ1) is 52.2. The first-order valence-corrected chi connectivity index (χ1v) is 23.8. The lowest BCUT2D eigenvalue weighted by Gasteiger charge is -2.42. The van der Waals surface area contributed by atoms with Crippen LogP contribution in [0.1, 0.15) is 83.5 Å². The molecule has 374 valence electrons. The number of anilines is 4. The van der Waals surface area contributed by atoms with E-state index in [0.29, 0.717) is 90.9 Å². The summed E-state index contributed by atoms with van der Waals surface area (Å²) in [5.74, 6) is -2.47. The van der Waals surface area contributed by atoms with Crippen LogP contribution in [0.3, 0.4) is 0 Å². The second kappa shape index (κ2) is 24.4. The lowest BCUT2D eigenvalue weighted by Crippen LogP contribution is -2.51. The summed E-state index contributed by atoms with van der Waals surface area (Å²) in [6.45, 7) is 3.84. The van der Waals surface area contributed by atoms with E-state index >= 15 is 0 Å². The topological polar surface area (TPSA) is 355 Å². The molecule has 0 unspecified atom stereocenters. The Balaban J connectivity index is 0.931. The van der Waals surface area contributed by atoms with E-state index in [1.165, 1.54) is 11.1 Å². The number of hydrogen-bond donors (Lipinski definition) is 10. The number of guanidine groups is 2. The quantitative estimate of drug-likeness (QED) is 0.0412. The van der Waals surface area contributed by atoms with Crippen molar-refractivity contribution in [1.29, 1.82) is 0 Å². The Morgan fingerprint density at radius 1 is 0.543 bits per heavy atom. The van der Waals surface area contributed by atoms with Crippen molar-refractivity contribution in [3.63, 3.8) is 0 Å². The smallest absolute Gasteiger partial charge is 0.317 e. The summed E-state index contributed by atoms with van der Waals surface area (Å²) in [6.07, 6.45) is 7.37. The second-order valence-corrected chi connectivity index (χ2v) is 18.4. The molecule has 0 radical (unpaired) electrons. The summed E-state index contributed by atoms with van der Waals surface area (Å²) in [5.41, 5.74) is 36.6. The number of benzene rings is 2. The number of unbranched alkanes of at least 4 members (excludes halogenated alkanes) is 1. The molecule has 2 aromatic heterocycles. The van der Waals surface area contributed by atoms with Crippen molar-refractivity contribution in [3.05, 3.63) is 93.5 Å². The summed E-state index contributed by atoms with van der Waals surface area (Å²) in [7, 11) is 0. The molecule has 6 amide bonds. The first-order valence-electron chi connectivity index (χ1n) is 23.1. The molecule has 0 bridgehead atoms. The molecule has 4 aromatic rings. The molecule has 22 nitrogen and oxygen atoms in total. The average Bonchev–Trinajstić information content (AvgIpc) is 3.35. The summed E-state index contributed by atoms with van der Waals surface area (Å²) in [6, 6.07) is 20.0. The Bertz CT molecular complexity index is 2340. The number of nitrogen functional groups attached to an aromatic ring is 4. The molecular formula is C46H62Cl2N18O4. The van der Waals surface area contributed by atoms with Crippen molar-refractivity contribution in [1.82, 2.24) is 51.0 Å². The van der Waals surface area contributed by atoms with Crippen molar-refractivity contribution in [3.8, 4) is 0 Å². The van der Waals surface area contributed by atoms with E-state index in [1.807, 2.05) is 46.2 Å². The fourth-order valence-corrected chi connectivity index (χ4v) is 8.78. The molecule has 0 atom stereocenters. The van der Waals surface area contributed by atoms with Gasteiger partial charge in [-0.25, -0.2) is 29.5 Å². The van der Waals surface area contributed by atoms with Crippen LogP contribution in [0, 0.1) is 10.8 Å². The Morgan fingerprint density at radius 2 is 0.900 bits per heavy atom. The first-order chi connectivity index (χ1) is 33.5. The minimum absolute atomic E-state index is 0.104. The molecule has 2 aliphatic rings. The highest BCUT2D eigenvalue weighted by Gasteiger charge is 2.37. The maximum Gasteiger partial charge on any atom is 0.317 e. The number of rotatable bonds is 17. The second-order valence-electron chi connectivity index (χ2n) is 17.7. The zero-order valence-electron chi connectivity index (χ0n) is 38.9. The average molecular weight is 1000 g/mol. The number of carbonyl (C=O) groups is 4. The Kier molecular flexibility index (Phi) is 18.2. The largest absolute Gasteiger partial charge is 0.382 e. The molecule has 0 spiro atoms. The summed E-state index contributed by atoms with van der Waals surface area (Å²) < 4.78 is 0. The molecule has 0 aliphatic carbocycles. The Hall–Kier alpha value is -7.20. The molecule has 24 heteroatoms. The number of nitrogens with two attached hydrogens (primary N) is 6. The summed E-state index contributed by atoms with van der Waals surface area (Å²) in [5, 5.41) is 12.0. The van der Waals surface area contributed by atoms with Crippen molar-refractivity contribution >= 4 is 82.3 Å². The lowest BCUT2D eigenvalue weighted by atomic mass is 9.74. The number of halogens is 2. The molecule has 2 aliphatic heterocycles. The van der Waals surface area contributed by atoms with Crippen LogP contribution in [-0.2, 0) is 12.8 Å². The number of nitrogens with one attached hydrogen (secondary N) is 4. The molecule has 2 aromatic carbocycles. The predicted octanol–water partition coefficient (Wildman–Crippen LogP) is 3.32. The van der Waals surface area contributed by atoms with Gasteiger partial charge in [0, 0.05) is 52.4 Å². The maximum absolute atomic E-state index is 13.3. The Morgan fingerprint density at radius 3 is 1.26 bits per heavy atom. The van der Waals surface area contributed by atoms with Crippen molar-refractivity contribution in [2.75, 3.05) is 75.3 Å². The number of amides is 6. The van der Waals surface area contributed by atoms with Gasteiger partial charge in [-0.1, -0.05) is 83.9 Å². The van der Waals surface area contributed by atoms with E-state index < -0.39 is 11.8 Å². The number of aryl methyl sites for hydroxylation is 2. The van der Waals surface area contributed by atoms with Gasteiger partial charge in [0.1, 0.15) is 0 Å². The molecule has 0 saturated carbocycles. The van der Waals surface area contributed by atoms with Gasteiger partial charge in [-0.3, -0.25) is 9.59 Å². The van der Waals surface area contributed by atoms with Gasteiger partial charge in [-0.05, 0) is 86.2 Å². The SMILES string of the molecule is N/C(=N\C(=O)c1nc(Cl)c(N)nc1N)NCC1(CCc2ccccc2)CCN(C(=O)NCCCCNC(=O)N2CCC(CCc3ccccc3)(CN/C(N)=N/C(=O)c3nc(Cl)c(N)nc3N)CC2)CC1. The van der Waals surface area contributed by atoms with Gasteiger partial charge in [0.05, 0.1) is 0 Å². The number of piperidine rings is 2. The minimum Gasteiger partial charge on any atom is -0.382 e. The summed E-state index contributed by atoms with van der Waals surface area (Å²) in [4.78, 5) is 79.2. The van der Waals surface area contributed by atoms with Crippen LogP contribution in [0.25, 0.3) is 0 Å². The zero-order valence-corrected chi connectivity index (χ0v) is 40.4. The van der Waals surface area contributed by atoms with Gasteiger partial charge in [-0.2, -0.15) is 9.98 Å². The number of likely N-dealkylation sites (tertiary alicyclic amines) is 2. The molecule has 2 fully saturated rings. The highest BCUT2D eigenvalue weighted by atomic mass is 35.5. The highest BCUT2D eigenvalue weighted by Crippen LogP contribution is 2.37.